The molecule has 1 aliphatic rings. The van der Waals surface area contributed by atoms with Gasteiger partial charge in [0, 0.05) is 0 Å². The third-order valence-electron chi connectivity index (χ3n) is 4.11. The van der Waals surface area contributed by atoms with Crippen LogP contribution in [0, 0.1) is 0 Å². The number of hydrogen-bond acceptors (Lipinski definition) is 7. The van der Waals surface area contributed by atoms with Gasteiger partial charge >= 0.3 is 0 Å². The van der Waals surface area contributed by atoms with E-state index >= 15 is 0 Å². The van der Waals surface area contributed by atoms with Crippen molar-refractivity contribution in [3.05, 3.63) is 63.7 Å². The second kappa shape index (κ2) is 6.40. The van der Waals surface area contributed by atoms with Gasteiger partial charge in [-0.3, -0.25) is 14.0 Å². The number of aliphatic hydroxyl groups is 1. The number of anilines is 1. The molecule has 0 bridgehead atoms. The van der Waals surface area contributed by atoms with E-state index in [9.17, 15) is 14.7 Å². The minimum absolute atomic E-state index is 0.194. The number of hydrogen-bond donors (Lipinski definition) is 2. The number of ether oxygens (including phenoxy) is 1. The first kappa shape index (κ1) is 17.0. The van der Waals surface area contributed by atoms with Crippen molar-refractivity contribution in [3.63, 3.8) is 0 Å². The Bertz CT molecular complexity index is 1250. The zero-order valence-electron chi connectivity index (χ0n) is 14.3. The predicted molar refractivity (Wildman–Crippen MR) is 105 cm³/mol. The average molecular weight is 381 g/mol. The van der Waals surface area contributed by atoms with E-state index in [1.807, 2.05) is 25.1 Å². The number of allylic oxidation sites excluding steroid dienone is 4. The van der Waals surface area contributed by atoms with E-state index in [0.717, 1.165) is 16.0 Å². The van der Waals surface area contributed by atoms with Crippen molar-refractivity contribution >= 4 is 44.2 Å². The Balaban J connectivity index is 1.93. The van der Waals surface area contributed by atoms with Gasteiger partial charge in [0.15, 0.2) is 10.7 Å². The quantitative estimate of drug-likeness (QED) is 0.722. The number of fused-ring (bicyclic) bond motifs is 3. The van der Waals surface area contributed by atoms with Crippen LogP contribution in [0.5, 0.6) is 5.75 Å². The number of nitrogens with two attached hydrogens (primary N) is 1. The predicted octanol–water partition coefficient (Wildman–Crippen LogP) is 2.85. The maximum absolute atomic E-state index is 12.5. The van der Waals surface area contributed by atoms with Gasteiger partial charge in [0.25, 0.3) is 5.56 Å². The summed E-state index contributed by atoms with van der Waals surface area (Å²) in [7, 11) is 0. The Hall–Kier alpha value is -3.39. The molecule has 0 spiro atoms. The fraction of sp³-hybridized carbons (Fsp3) is 0.105. The molecule has 1 aliphatic carbocycles. The Kier molecular flexibility index (Phi) is 4.04. The molecule has 0 saturated carbocycles. The Labute approximate surface area is 157 Å². The molecule has 0 atom stereocenters. The minimum atomic E-state index is -0.487. The molecule has 0 unspecified atom stereocenters. The highest BCUT2D eigenvalue weighted by Crippen LogP contribution is 2.31. The van der Waals surface area contributed by atoms with Gasteiger partial charge in [0.05, 0.1) is 22.4 Å². The summed E-state index contributed by atoms with van der Waals surface area (Å²) in [6.45, 7) is 2.47. The van der Waals surface area contributed by atoms with Crippen molar-refractivity contribution in [2.45, 2.75) is 6.92 Å². The number of ketones is 1. The molecule has 27 heavy (non-hydrogen) atoms. The first-order valence-corrected chi connectivity index (χ1v) is 9.02. The Morgan fingerprint density at radius 1 is 1.33 bits per heavy atom. The smallest absolute Gasteiger partial charge is 0.283 e. The molecule has 136 valence electrons. The lowest BCUT2D eigenvalue weighted by molar-refractivity contribution is -0.113. The second-order valence-corrected chi connectivity index (χ2v) is 6.88. The Morgan fingerprint density at radius 2 is 2.15 bits per heavy atom. The van der Waals surface area contributed by atoms with Crippen molar-refractivity contribution < 1.29 is 14.6 Å². The lowest BCUT2D eigenvalue weighted by Crippen LogP contribution is -2.16. The number of nitrogens with zero attached hydrogens (tertiary/aromatic N) is 2. The number of aliphatic hydroxyl groups excluding tert-OH is 1. The topological polar surface area (TPSA) is 107 Å². The molecule has 1 aromatic carbocycles. The van der Waals surface area contributed by atoms with Gasteiger partial charge in [-0.25, -0.2) is 0 Å². The van der Waals surface area contributed by atoms with E-state index < -0.39 is 11.3 Å². The molecule has 3 aromatic rings. The highest BCUT2D eigenvalue weighted by Gasteiger charge is 2.16. The lowest BCUT2D eigenvalue weighted by atomic mass is 10.1. The summed E-state index contributed by atoms with van der Waals surface area (Å²) in [6, 6.07) is 5.59. The largest absolute Gasteiger partial charge is 0.504 e. The van der Waals surface area contributed by atoms with E-state index in [-0.39, 0.29) is 17.1 Å². The number of thiazole rings is 1. The maximum atomic E-state index is 12.5. The monoisotopic (exact) mass is 381 g/mol. The van der Waals surface area contributed by atoms with Crippen LogP contribution < -0.4 is 16.0 Å². The number of rotatable bonds is 3. The highest BCUT2D eigenvalue weighted by atomic mass is 32.1. The number of carbonyl (C=O) groups excluding carboxylic acids is 1. The minimum Gasteiger partial charge on any atom is -0.504 e. The molecule has 3 N–H and O–H groups in total. The lowest BCUT2D eigenvalue weighted by Gasteiger charge is -2.07. The highest BCUT2D eigenvalue weighted by molar-refractivity contribution is 7.23. The van der Waals surface area contributed by atoms with Crippen molar-refractivity contribution in [2.24, 2.45) is 0 Å². The molecular formula is C19H15N3O4S. The van der Waals surface area contributed by atoms with Crippen molar-refractivity contribution in [1.82, 2.24) is 9.38 Å². The summed E-state index contributed by atoms with van der Waals surface area (Å²) in [5, 5.41) is 9.59. The molecular weight excluding hydrogens is 366 g/mol. The van der Waals surface area contributed by atoms with Gasteiger partial charge in [0.2, 0.25) is 5.78 Å². The summed E-state index contributed by atoms with van der Waals surface area (Å²) in [5.41, 5.74) is 7.30. The van der Waals surface area contributed by atoms with Crippen molar-refractivity contribution in [2.75, 3.05) is 12.3 Å². The molecule has 0 aliphatic heterocycles. The summed E-state index contributed by atoms with van der Waals surface area (Å²) in [5.74, 6) is 0.101. The van der Waals surface area contributed by atoms with Crippen LogP contribution in [0.15, 0.2) is 52.6 Å². The van der Waals surface area contributed by atoms with Gasteiger partial charge < -0.3 is 15.6 Å². The van der Waals surface area contributed by atoms with Gasteiger partial charge in [-0.2, -0.15) is 4.98 Å². The molecule has 0 fully saturated rings. The van der Waals surface area contributed by atoms with Gasteiger partial charge in [-0.05, 0) is 48.9 Å². The molecule has 8 heteroatoms. The van der Waals surface area contributed by atoms with Gasteiger partial charge in [-0.15, -0.1) is 0 Å². The van der Waals surface area contributed by atoms with Crippen LogP contribution in [-0.4, -0.2) is 26.9 Å². The second-order valence-electron chi connectivity index (χ2n) is 5.87. The fourth-order valence-electron chi connectivity index (χ4n) is 2.87. The van der Waals surface area contributed by atoms with Crippen LogP contribution in [0.1, 0.15) is 12.5 Å². The number of carbonyl (C=O) groups is 1. The first-order valence-electron chi connectivity index (χ1n) is 8.20. The molecule has 4 rings (SSSR count). The molecule has 0 radical (unpaired) electrons. The third-order valence-corrected chi connectivity index (χ3v) is 5.12. The molecule has 2 aromatic heterocycles. The normalized spacial score (nSPS) is 15.7. The Morgan fingerprint density at radius 3 is 2.89 bits per heavy atom. The SMILES string of the molecule is CCOc1ccc2c(c1)sc1nc(=O)c(C=C3C=CC(=O)C(O)=C3)c(N)n12. The summed E-state index contributed by atoms with van der Waals surface area (Å²) in [4.78, 5) is 28.4. The summed E-state index contributed by atoms with van der Waals surface area (Å²) >= 11 is 1.35. The molecule has 2 heterocycles. The van der Waals surface area contributed by atoms with Crippen LogP contribution >= 0.6 is 11.3 Å². The third kappa shape index (κ3) is 2.89. The van der Waals surface area contributed by atoms with Crippen LogP contribution in [0.2, 0.25) is 0 Å². The van der Waals surface area contributed by atoms with E-state index in [0.29, 0.717) is 17.1 Å². The van der Waals surface area contributed by atoms with E-state index in [2.05, 4.69) is 4.98 Å². The van der Waals surface area contributed by atoms with Crippen LogP contribution in [0.25, 0.3) is 21.3 Å². The first-order chi connectivity index (χ1) is 13.0. The molecule has 0 amide bonds. The zero-order chi connectivity index (χ0) is 19.1. The summed E-state index contributed by atoms with van der Waals surface area (Å²) < 4.78 is 8.12. The molecule has 7 nitrogen and oxygen atoms in total. The van der Waals surface area contributed by atoms with Gasteiger partial charge in [0.1, 0.15) is 11.6 Å². The fourth-order valence-corrected chi connectivity index (χ4v) is 3.93. The number of aromatic nitrogens is 2. The van der Waals surface area contributed by atoms with E-state index in [1.165, 1.54) is 35.6 Å². The van der Waals surface area contributed by atoms with Crippen LogP contribution in [-0.2, 0) is 4.79 Å². The number of benzene rings is 1. The van der Waals surface area contributed by atoms with Crippen LogP contribution in [0.3, 0.4) is 0 Å². The molecule has 0 saturated heterocycles. The van der Waals surface area contributed by atoms with Crippen molar-refractivity contribution in [1.29, 1.82) is 0 Å². The van der Waals surface area contributed by atoms with Crippen LogP contribution in [0.4, 0.5) is 5.82 Å². The zero-order valence-corrected chi connectivity index (χ0v) is 15.1. The van der Waals surface area contributed by atoms with E-state index in [4.69, 9.17) is 10.5 Å². The van der Waals surface area contributed by atoms with Crippen molar-refractivity contribution in [3.8, 4) is 5.75 Å². The standard InChI is InChI=1S/C19H15N3O4S/c1-2-26-11-4-5-13-16(9-11)27-19-21-18(25)12(17(20)22(13)19)7-10-3-6-14(23)15(24)8-10/h3-9,24H,2,20H2,1H3. The average Bonchev–Trinajstić information content (AvgIpc) is 2.99. The van der Waals surface area contributed by atoms with Gasteiger partial charge in [-0.1, -0.05) is 17.4 Å². The summed E-state index contributed by atoms with van der Waals surface area (Å²) in [6.07, 6.45) is 5.54. The maximum Gasteiger partial charge on any atom is 0.283 e. The van der Waals surface area contributed by atoms with E-state index in [1.54, 1.807) is 4.40 Å². The number of nitrogen functional groups attached to an aromatic ring is 1.